The summed E-state index contributed by atoms with van der Waals surface area (Å²) in [6, 6.07) is 11.6. The second-order valence-corrected chi connectivity index (χ2v) is 7.37. The average Bonchev–Trinajstić information content (AvgIpc) is 2.77. The van der Waals surface area contributed by atoms with Crippen LogP contribution in [-0.2, 0) is 12.7 Å². The first-order valence-corrected chi connectivity index (χ1v) is 10.3. The summed E-state index contributed by atoms with van der Waals surface area (Å²) in [6.07, 6.45) is -1.36. The van der Waals surface area contributed by atoms with E-state index in [0.29, 0.717) is 25.1 Å². The third-order valence-electron chi connectivity index (χ3n) is 5.05. The molecule has 0 saturated carbocycles. The van der Waals surface area contributed by atoms with Crippen LogP contribution < -0.4 is 16.0 Å². The van der Waals surface area contributed by atoms with Crippen molar-refractivity contribution >= 4 is 11.9 Å². The molecule has 7 nitrogen and oxygen atoms in total. The maximum atomic E-state index is 12.7. The molecule has 0 atom stereocenters. The van der Waals surface area contributed by atoms with Gasteiger partial charge in [-0.2, -0.15) is 13.2 Å². The molecular weight excluding hydrogens is 407 g/mol. The van der Waals surface area contributed by atoms with Crippen LogP contribution >= 0.6 is 0 Å². The summed E-state index contributed by atoms with van der Waals surface area (Å²) in [4.78, 5) is 14.0. The lowest BCUT2D eigenvalue weighted by atomic mass is 10.0. The molecule has 0 radical (unpaired) electrons. The SMILES string of the molecule is CN=C(NCCNc1nccc(C(F)(F)F)n1)NC1CCN(Cc2ccccc2)CC1. The number of benzene rings is 1. The van der Waals surface area contributed by atoms with E-state index in [1.165, 1.54) is 5.56 Å². The summed E-state index contributed by atoms with van der Waals surface area (Å²) in [6.45, 7) is 3.81. The van der Waals surface area contributed by atoms with Crippen LogP contribution in [0.15, 0.2) is 47.6 Å². The number of aliphatic imine (C=N–C) groups is 1. The molecule has 0 unspecified atom stereocenters. The van der Waals surface area contributed by atoms with Crippen LogP contribution in [0.5, 0.6) is 0 Å². The lowest BCUT2D eigenvalue weighted by Gasteiger charge is -2.33. The standard InChI is InChI=1S/C21H28F3N7/c1-25-19(27-11-12-28-20-26-10-7-18(30-20)21(22,23)24)29-17-8-13-31(14-9-17)15-16-5-3-2-4-6-16/h2-7,10,17H,8-9,11-15H2,1H3,(H2,25,27,29)(H,26,28,30). The minimum atomic E-state index is -4.49. The molecule has 0 bridgehead atoms. The van der Waals surface area contributed by atoms with Gasteiger partial charge >= 0.3 is 6.18 Å². The Morgan fingerprint density at radius 2 is 1.87 bits per heavy atom. The molecule has 31 heavy (non-hydrogen) atoms. The van der Waals surface area contributed by atoms with E-state index in [9.17, 15) is 13.2 Å². The summed E-state index contributed by atoms with van der Waals surface area (Å²) < 4.78 is 38.1. The van der Waals surface area contributed by atoms with Crippen molar-refractivity contribution in [1.29, 1.82) is 0 Å². The Bertz CT molecular complexity index is 834. The van der Waals surface area contributed by atoms with E-state index in [1.807, 2.05) is 6.07 Å². The minimum Gasteiger partial charge on any atom is -0.355 e. The zero-order valence-electron chi connectivity index (χ0n) is 17.5. The van der Waals surface area contributed by atoms with E-state index in [2.05, 4.69) is 60.1 Å². The Hall–Kier alpha value is -2.88. The van der Waals surface area contributed by atoms with Crippen LogP contribution in [0.4, 0.5) is 19.1 Å². The molecule has 3 N–H and O–H groups in total. The van der Waals surface area contributed by atoms with Crippen molar-refractivity contribution in [3.8, 4) is 0 Å². The third kappa shape index (κ3) is 7.39. The molecule has 3 rings (SSSR count). The van der Waals surface area contributed by atoms with Gasteiger partial charge in [0.1, 0.15) is 5.69 Å². The van der Waals surface area contributed by atoms with Gasteiger partial charge < -0.3 is 16.0 Å². The molecule has 1 aliphatic heterocycles. The van der Waals surface area contributed by atoms with Gasteiger partial charge in [-0.25, -0.2) is 9.97 Å². The van der Waals surface area contributed by atoms with Gasteiger partial charge in [-0.1, -0.05) is 30.3 Å². The second kappa shape index (κ2) is 10.9. The number of aromatic nitrogens is 2. The van der Waals surface area contributed by atoms with Gasteiger partial charge in [0.05, 0.1) is 0 Å². The highest BCUT2D eigenvalue weighted by molar-refractivity contribution is 5.80. The first-order chi connectivity index (χ1) is 14.9. The predicted octanol–water partition coefficient (Wildman–Crippen LogP) is 2.74. The molecule has 10 heteroatoms. The van der Waals surface area contributed by atoms with Crippen LogP contribution in [0.3, 0.4) is 0 Å². The lowest BCUT2D eigenvalue weighted by molar-refractivity contribution is -0.141. The van der Waals surface area contributed by atoms with Crippen LogP contribution in [0, 0.1) is 0 Å². The second-order valence-electron chi connectivity index (χ2n) is 7.37. The zero-order valence-corrected chi connectivity index (χ0v) is 17.5. The van der Waals surface area contributed by atoms with Crippen molar-refractivity contribution in [3.63, 3.8) is 0 Å². The summed E-state index contributed by atoms with van der Waals surface area (Å²) in [5, 5.41) is 9.39. The Morgan fingerprint density at radius 3 is 2.55 bits per heavy atom. The zero-order chi connectivity index (χ0) is 22.1. The molecule has 2 heterocycles. The van der Waals surface area contributed by atoms with Gasteiger partial charge in [0, 0.05) is 52.0 Å². The monoisotopic (exact) mass is 435 g/mol. The summed E-state index contributed by atoms with van der Waals surface area (Å²) in [7, 11) is 1.70. The molecule has 168 valence electrons. The summed E-state index contributed by atoms with van der Waals surface area (Å²) in [5.41, 5.74) is 0.359. The normalized spacial score (nSPS) is 16.2. The van der Waals surface area contributed by atoms with Crippen molar-refractivity contribution in [3.05, 3.63) is 53.9 Å². The predicted molar refractivity (Wildman–Crippen MR) is 115 cm³/mol. The van der Waals surface area contributed by atoms with Crippen LogP contribution in [0.1, 0.15) is 24.1 Å². The first-order valence-electron chi connectivity index (χ1n) is 10.3. The molecule has 1 saturated heterocycles. The number of alkyl halides is 3. The third-order valence-corrected chi connectivity index (χ3v) is 5.05. The largest absolute Gasteiger partial charge is 0.433 e. The van der Waals surface area contributed by atoms with E-state index in [1.54, 1.807) is 7.05 Å². The Morgan fingerprint density at radius 1 is 1.13 bits per heavy atom. The van der Waals surface area contributed by atoms with Gasteiger partial charge in [-0.05, 0) is 24.5 Å². The summed E-state index contributed by atoms with van der Waals surface area (Å²) >= 11 is 0. The number of hydrogen-bond donors (Lipinski definition) is 3. The van der Waals surface area contributed by atoms with Crippen LogP contribution in [-0.4, -0.2) is 60.1 Å². The van der Waals surface area contributed by atoms with Gasteiger partial charge in [-0.15, -0.1) is 0 Å². The number of guanidine groups is 1. The van der Waals surface area contributed by atoms with Gasteiger partial charge in [0.25, 0.3) is 0 Å². The van der Waals surface area contributed by atoms with Crippen molar-refractivity contribution in [2.75, 3.05) is 38.5 Å². The lowest BCUT2D eigenvalue weighted by Crippen LogP contribution is -2.49. The Labute approximate surface area is 180 Å². The molecule has 0 amide bonds. The molecule has 1 fully saturated rings. The average molecular weight is 435 g/mol. The molecule has 1 aromatic heterocycles. The highest BCUT2D eigenvalue weighted by Gasteiger charge is 2.32. The quantitative estimate of drug-likeness (QED) is 0.353. The van der Waals surface area contributed by atoms with Crippen molar-refractivity contribution < 1.29 is 13.2 Å². The fourth-order valence-corrected chi connectivity index (χ4v) is 3.42. The molecule has 0 aliphatic carbocycles. The first kappa shape index (κ1) is 22.8. The topological polar surface area (TPSA) is 77.5 Å². The van der Waals surface area contributed by atoms with Crippen molar-refractivity contribution in [2.24, 2.45) is 4.99 Å². The number of nitrogens with one attached hydrogen (secondary N) is 3. The van der Waals surface area contributed by atoms with E-state index in [4.69, 9.17) is 0 Å². The number of hydrogen-bond acceptors (Lipinski definition) is 5. The number of rotatable bonds is 7. The highest BCUT2D eigenvalue weighted by atomic mass is 19.4. The maximum Gasteiger partial charge on any atom is 0.433 e. The van der Waals surface area contributed by atoms with E-state index < -0.39 is 11.9 Å². The number of anilines is 1. The van der Waals surface area contributed by atoms with E-state index in [0.717, 1.165) is 44.7 Å². The molecular formula is C21H28F3N7. The Kier molecular flexibility index (Phi) is 8.05. The Balaban J connectivity index is 1.36. The van der Waals surface area contributed by atoms with Crippen LogP contribution in [0.25, 0.3) is 0 Å². The van der Waals surface area contributed by atoms with Gasteiger partial charge in [0.2, 0.25) is 5.95 Å². The molecule has 2 aromatic rings. The van der Waals surface area contributed by atoms with Crippen molar-refractivity contribution in [2.45, 2.75) is 31.6 Å². The van der Waals surface area contributed by atoms with Crippen molar-refractivity contribution in [1.82, 2.24) is 25.5 Å². The fraction of sp³-hybridized carbons (Fsp3) is 0.476. The van der Waals surface area contributed by atoms with Crippen LogP contribution in [0.2, 0.25) is 0 Å². The van der Waals surface area contributed by atoms with Gasteiger partial charge in [-0.3, -0.25) is 9.89 Å². The summed E-state index contributed by atoms with van der Waals surface area (Å²) in [5.74, 6) is 0.624. The molecule has 1 aliphatic rings. The van der Waals surface area contributed by atoms with E-state index in [-0.39, 0.29) is 5.95 Å². The fourth-order valence-electron chi connectivity index (χ4n) is 3.42. The number of nitrogens with zero attached hydrogens (tertiary/aromatic N) is 4. The maximum absolute atomic E-state index is 12.7. The number of likely N-dealkylation sites (tertiary alicyclic amines) is 1. The number of piperidine rings is 1. The smallest absolute Gasteiger partial charge is 0.355 e. The minimum absolute atomic E-state index is 0.0506. The molecule has 0 spiro atoms. The molecule has 1 aromatic carbocycles. The van der Waals surface area contributed by atoms with Gasteiger partial charge in [0.15, 0.2) is 5.96 Å². The number of halogens is 3. The highest BCUT2D eigenvalue weighted by Crippen LogP contribution is 2.27. The van der Waals surface area contributed by atoms with E-state index >= 15 is 0 Å².